The highest BCUT2D eigenvalue weighted by Crippen LogP contribution is 2.11. The van der Waals surface area contributed by atoms with Crippen molar-refractivity contribution in [2.75, 3.05) is 18.0 Å². The lowest BCUT2D eigenvalue weighted by atomic mass is 10.1. The van der Waals surface area contributed by atoms with Crippen molar-refractivity contribution < 1.29 is 0 Å². The van der Waals surface area contributed by atoms with Gasteiger partial charge in [-0.25, -0.2) is 9.89 Å². The van der Waals surface area contributed by atoms with Crippen LogP contribution in [0.5, 0.6) is 0 Å². The van der Waals surface area contributed by atoms with Crippen LogP contribution in [0.1, 0.15) is 19.3 Å². The average molecular weight is 196 g/mol. The molecule has 0 aliphatic carbocycles. The third kappa shape index (κ3) is 1.68. The lowest BCUT2D eigenvalue weighted by molar-refractivity contribution is 0.567. The highest BCUT2D eigenvalue weighted by molar-refractivity contribution is 5.34. The Balaban J connectivity index is 2.31. The third-order valence-corrected chi connectivity index (χ3v) is 2.35. The van der Waals surface area contributed by atoms with Crippen molar-refractivity contribution in [3.8, 4) is 0 Å². The molecule has 1 aliphatic heterocycles. The normalized spacial score (nSPS) is 17.0. The number of anilines is 1. The summed E-state index contributed by atoms with van der Waals surface area (Å²) in [5, 5.41) is 5.98. The zero-order valence-corrected chi connectivity index (χ0v) is 7.75. The quantitative estimate of drug-likeness (QED) is 0.631. The number of piperidine rings is 1. The van der Waals surface area contributed by atoms with Gasteiger partial charge in [0, 0.05) is 13.1 Å². The molecule has 0 amide bonds. The minimum atomic E-state index is -0.559. The molecular formula is C8H12N4O2. The van der Waals surface area contributed by atoms with Crippen molar-refractivity contribution in [1.29, 1.82) is 0 Å². The Hall–Kier alpha value is -1.59. The smallest absolute Gasteiger partial charge is 0.342 e. The molecule has 2 N–H and O–H groups in total. The maximum Gasteiger partial charge on any atom is 0.342 e. The fourth-order valence-corrected chi connectivity index (χ4v) is 1.66. The first-order valence-electron chi connectivity index (χ1n) is 4.71. The van der Waals surface area contributed by atoms with E-state index in [2.05, 4.69) is 15.2 Å². The molecule has 1 saturated heterocycles. The summed E-state index contributed by atoms with van der Waals surface area (Å²) in [6.07, 6.45) is 3.33. The Labute approximate surface area is 80.0 Å². The van der Waals surface area contributed by atoms with Gasteiger partial charge in [-0.2, -0.15) is 0 Å². The van der Waals surface area contributed by atoms with Gasteiger partial charge < -0.3 is 4.90 Å². The van der Waals surface area contributed by atoms with Crippen LogP contribution in [0.3, 0.4) is 0 Å². The molecule has 76 valence electrons. The predicted molar refractivity (Wildman–Crippen MR) is 51.5 cm³/mol. The van der Waals surface area contributed by atoms with Gasteiger partial charge in [-0.3, -0.25) is 9.78 Å². The fourth-order valence-electron chi connectivity index (χ4n) is 1.66. The van der Waals surface area contributed by atoms with Gasteiger partial charge in [0.25, 0.3) is 5.56 Å². The van der Waals surface area contributed by atoms with E-state index in [1.807, 2.05) is 4.90 Å². The first-order chi connectivity index (χ1) is 6.77. The molecule has 14 heavy (non-hydrogen) atoms. The second-order valence-corrected chi connectivity index (χ2v) is 3.38. The zero-order valence-electron chi connectivity index (χ0n) is 7.75. The van der Waals surface area contributed by atoms with E-state index in [4.69, 9.17) is 0 Å². The van der Waals surface area contributed by atoms with Crippen molar-refractivity contribution >= 4 is 5.82 Å². The number of hydrogen-bond acceptors (Lipinski definition) is 4. The summed E-state index contributed by atoms with van der Waals surface area (Å²) in [5.41, 5.74) is -0.966. The van der Waals surface area contributed by atoms with E-state index in [0.29, 0.717) is 5.82 Å². The predicted octanol–water partition coefficient (Wildman–Crippen LogP) is -0.552. The molecule has 6 heteroatoms. The summed E-state index contributed by atoms with van der Waals surface area (Å²) in [4.78, 5) is 26.2. The maximum atomic E-state index is 11.4. The summed E-state index contributed by atoms with van der Waals surface area (Å²) >= 11 is 0. The molecule has 0 aromatic carbocycles. The number of rotatable bonds is 1. The highest BCUT2D eigenvalue weighted by Gasteiger charge is 2.15. The summed E-state index contributed by atoms with van der Waals surface area (Å²) < 4.78 is 0. The van der Waals surface area contributed by atoms with E-state index in [9.17, 15) is 9.59 Å². The van der Waals surface area contributed by atoms with Crippen LogP contribution in [-0.4, -0.2) is 28.3 Å². The minimum Gasteiger partial charge on any atom is -0.351 e. The minimum absolute atomic E-state index is 0.323. The molecule has 1 aromatic heterocycles. The second kappa shape index (κ2) is 3.65. The van der Waals surface area contributed by atoms with Crippen LogP contribution in [0, 0.1) is 0 Å². The van der Waals surface area contributed by atoms with E-state index >= 15 is 0 Å². The summed E-state index contributed by atoms with van der Waals surface area (Å²) in [5.74, 6) is 0.323. The van der Waals surface area contributed by atoms with Crippen molar-refractivity contribution in [2.45, 2.75) is 19.3 Å². The summed E-state index contributed by atoms with van der Waals surface area (Å²) in [6, 6.07) is 0. The zero-order chi connectivity index (χ0) is 9.97. The van der Waals surface area contributed by atoms with Crippen LogP contribution in [0.25, 0.3) is 0 Å². The standard InChI is InChI=1S/C8H12N4O2/c13-7-6(10-11-8(14)9-7)12-4-2-1-3-5-12/h1-5H2,(H2,9,11,13,14). The van der Waals surface area contributed by atoms with Crippen molar-refractivity contribution in [2.24, 2.45) is 0 Å². The van der Waals surface area contributed by atoms with Crippen LogP contribution in [0.2, 0.25) is 0 Å². The van der Waals surface area contributed by atoms with Gasteiger partial charge in [-0.1, -0.05) is 0 Å². The fraction of sp³-hybridized carbons (Fsp3) is 0.625. The number of aromatic amines is 2. The second-order valence-electron chi connectivity index (χ2n) is 3.38. The topological polar surface area (TPSA) is 81.8 Å². The Morgan fingerprint density at radius 1 is 1.14 bits per heavy atom. The van der Waals surface area contributed by atoms with Crippen LogP contribution < -0.4 is 16.1 Å². The molecule has 0 atom stereocenters. The molecule has 0 saturated carbocycles. The monoisotopic (exact) mass is 196 g/mol. The molecule has 0 unspecified atom stereocenters. The molecule has 6 nitrogen and oxygen atoms in total. The molecule has 0 bridgehead atoms. The molecule has 2 rings (SSSR count). The number of aromatic nitrogens is 3. The van der Waals surface area contributed by atoms with E-state index in [1.165, 1.54) is 6.42 Å². The molecular weight excluding hydrogens is 184 g/mol. The van der Waals surface area contributed by atoms with Gasteiger partial charge >= 0.3 is 5.69 Å². The maximum absolute atomic E-state index is 11.4. The van der Waals surface area contributed by atoms with Crippen molar-refractivity contribution in [3.63, 3.8) is 0 Å². The van der Waals surface area contributed by atoms with Gasteiger partial charge in [0.15, 0.2) is 0 Å². The molecule has 1 aromatic rings. The van der Waals surface area contributed by atoms with Gasteiger partial charge in [-0.15, -0.1) is 5.10 Å². The van der Waals surface area contributed by atoms with Crippen LogP contribution in [-0.2, 0) is 0 Å². The van der Waals surface area contributed by atoms with E-state index in [-0.39, 0.29) is 0 Å². The van der Waals surface area contributed by atoms with Crippen molar-refractivity contribution in [1.82, 2.24) is 15.2 Å². The van der Waals surface area contributed by atoms with Gasteiger partial charge in [0.05, 0.1) is 0 Å². The van der Waals surface area contributed by atoms with E-state index < -0.39 is 11.2 Å². The molecule has 0 radical (unpaired) electrons. The van der Waals surface area contributed by atoms with Gasteiger partial charge in [0.1, 0.15) is 0 Å². The SMILES string of the molecule is O=c1[nH]nc(N2CCCCC2)c(=O)[nH]1. The largest absolute Gasteiger partial charge is 0.351 e. The molecule has 1 aliphatic rings. The highest BCUT2D eigenvalue weighted by atomic mass is 16.2. The summed E-state index contributed by atoms with van der Waals surface area (Å²) in [7, 11) is 0. The van der Waals surface area contributed by atoms with Crippen LogP contribution >= 0.6 is 0 Å². The lowest BCUT2D eigenvalue weighted by Gasteiger charge is -2.26. The Morgan fingerprint density at radius 2 is 1.86 bits per heavy atom. The average Bonchev–Trinajstić information content (AvgIpc) is 2.19. The lowest BCUT2D eigenvalue weighted by Crippen LogP contribution is -2.37. The number of hydrogen-bond donors (Lipinski definition) is 2. The number of H-pyrrole nitrogens is 2. The first-order valence-corrected chi connectivity index (χ1v) is 4.71. The van der Waals surface area contributed by atoms with E-state index in [0.717, 1.165) is 25.9 Å². The number of nitrogens with zero attached hydrogens (tertiary/aromatic N) is 2. The third-order valence-electron chi connectivity index (χ3n) is 2.35. The van der Waals surface area contributed by atoms with Crippen LogP contribution in [0.4, 0.5) is 5.82 Å². The molecule has 0 spiro atoms. The molecule has 2 heterocycles. The number of nitrogens with one attached hydrogen (secondary N) is 2. The molecule has 1 fully saturated rings. The van der Waals surface area contributed by atoms with Gasteiger partial charge in [-0.05, 0) is 19.3 Å². The van der Waals surface area contributed by atoms with Crippen LogP contribution in [0.15, 0.2) is 9.59 Å². The van der Waals surface area contributed by atoms with Crippen molar-refractivity contribution in [3.05, 3.63) is 20.8 Å². The van der Waals surface area contributed by atoms with Gasteiger partial charge in [0.2, 0.25) is 5.82 Å². The summed E-state index contributed by atoms with van der Waals surface area (Å²) in [6.45, 7) is 1.67. The Bertz CT molecular complexity index is 416. The Morgan fingerprint density at radius 3 is 2.50 bits per heavy atom. The first kappa shape index (κ1) is 8.98. The van der Waals surface area contributed by atoms with E-state index in [1.54, 1.807) is 0 Å². The Kier molecular flexibility index (Phi) is 2.34.